The third-order valence-electron chi connectivity index (χ3n) is 4.41. The second-order valence-electron chi connectivity index (χ2n) is 6.19. The van der Waals surface area contributed by atoms with Crippen molar-refractivity contribution in [2.24, 2.45) is 17.9 Å². The van der Waals surface area contributed by atoms with Crippen LogP contribution in [0.25, 0.3) is 11.2 Å². The predicted molar refractivity (Wildman–Crippen MR) is 93.9 cm³/mol. The molecule has 0 bridgehead atoms. The van der Waals surface area contributed by atoms with E-state index in [1.165, 1.54) is 14.1 Å². The Labute approximate surface area is 143 Å². The number of rotatable bonds is 4. The molecule has 1 aliphatic heterocycles. The monoisotopic (exact) mass is 347 g/mol. The number of nitrogens with zero attached hydrogens (tertiary/aromatic N) is 6. The van der Waals surface area contributed by atoms with Gasteiger partial charge in [0.05, 0.1) is 11.8 Å². The molecule has 10 heteroatoms. The summed E-state index contributed by atoms with van der Waals surface area (Å²) in [7, 11) is 1.58. The van der Waals surface area contributed by atoms with Gasteiger partial charge in [-0.05, 0) is 20.3 Å². The van der Waals surface area contributed by atoms with Gasteiger partial charge >= 0.3 is 5.69 Å². The topological polar surface area (TPSA) is 121 Å². The molecule has 0 radical (unpaired) electrons. The van der Waals surface area contributed by atoms with E-state index in [0.29, 0.717) is 30.1 Å². The first kappa shape index (κ1) is 16.9. The van der Waals surface area contributed by atoms with Crippen molar-refractivity contribution < 1.29 is 4.79 Å². The maximum atomic E-state index is 12.9. The van der Waals surface area contributed by atoms with Gasteiger partial charge in [-0.3, -0.25) is 23.3 Å². The first-order chi connectivity index (χ1) is 11.8. The van der Waals surface area contributed by atoms with Crippen LogP contribution in [0.3, 0.4) is 0 Å². The number of fused-ring (bicyclic) bond motifs is 3. The fourth-order valence-corrected chi connectivity index (χ4v) is 3.06. The van der Waals surface area contributed by atoms with E-state index < -0.39 is 11.6 Å². The molecule has 2 aromatic rings. The van der Waals surface area contributed by atoms with Crippen molar-refractivity contribution in [2.75, 3.05) is 11.6 Å². The van der Waals surface area contributed by atoms with Gasteiger partial charge in [-0.2, -0.15) is 10.1 Å². The first-order valence-electron chi connectivity index (χ1n) is 8.10. The van der Waals surface area contributed by atoms with Crippen LogP contribution >= 0.6 is 0 Å². The molecule has 0 spiro atoms. The molecule has 3 heterocycles. The lowest BCUT2D eigenvalue weighted by atomic mass is 10.2. The summed E-state index contributed by atoms with van der Waals surface area (Å²) in [5.74, 6) is -0.241. The van der Waals surface area contributed by atoms with Crippen LogP contribution in [-0.4, -0.2) is 36.8 Å². The Balaban J connectivity index is 2.40. The minimum atomic E-state index is -0.568. The number of aromatic nitrogens is 4. The molecule has 1 amide bonds. The zero-order valence-electron chi connectivity index (χ0n) is 14.7. The van der Waals surface area contributed by atoms with Crippen LogP contribution in [0, 0.1) is 0 Å². The van der Waals surface area contributed by atoms with Crippen molar-refractivity contribution in [2.45, 2.75) is 39.8 Å². The summed E-state index contributed by atoms with van der Waals surface area (Å²) in [5.41, 5.74) is 5.79. The molecule has 1 atom stereocenters. The molecular formula is C15H21N7O3. The van der Waals surface area contributed by atoms with E-state index in [9.17, 15) is 14.4 Å². The highest BCUT2D eigenvalue weighted by atomic mass is 16.2. The highest BCUT2D eigenvalue weighted by molar-refractivity contribution is 5.92. The largest absolute Gasteiger partial charge is 0.368 e. The van der Waals surface area contributed by atoms with Gasteiger partial charge in [0.15, 0.2) is 11.2 Å². The van der Waals surface area contributed by atoms with Crippen molar-refractivity contribution >= 4 is 28.7 Å². The molecular weight excluding hydrogens is 326 g/mol. The Morgan fingerprint density at radius 2 is 2.00 bits per heavy atom. The van der Waals surface area contributed by atoms with E-state index in [-0.39, 0.29) is 23.8 Å². The van der Waals surface area contributed by atoms with Crippen LogP contribution in [0.2, 0.25) is 0 Å². The van der Waals surface area contributed by atoms with Crippen LogP contribution in [0.1, 0.15) is 33.2 Å². The number of anilines is 1. The molecule has 0 aliphatic carbocycles. The molecule has 0 saturated carbocycles. The molecule has 2 N–H and O–H groups in total. The molecule has 10 nitrogen and oxygen atoms in total. The number of imidazole rings is 1. The van der Waals surface area contributed by atoms with Gasteiger partial charge in [-0.15, -0.1) is 0 Å². The normalized spacial score (nSPS) is 16.9. The van der Waals surface area contributed by atoms with E-state index >= 15 is 0 Å². The fourth-order valence-electron chi connectivity index (χ4n) is 3.06. The van der Waals surface area contributed by atoms with Crippen molar-refractivity contribution in [3.05, 3.63) is 20.8 Å². The molecule has 3 rings (SSSR count). The third kappa shape index (κ3) is 2.44. The number of hydrogen-bond donors (Lipinski definition) is 1. The van der Waals surface area contributed by atoms with E-state index in [2.05, 4.69) is 10.1 Å². The molecule has 0 unspecified atom stereocenters. The van der Waals surface area contributed by atoms with Gasteiger partial charge < -0.3 is 5.73 Å². The fraction of sp³-hybridized carbons (Fsp3) is 0.533. The Kier molecular flexibility index (Phi) is 3.97. The van der Waals surface area contributed by atoms with E-state index in [1.54, 1.807) is 18.5 Å². The molecule has 2 aromatic heterocycles. The highest BCUT2D eigenvalue weighted by Crippen LogP contribution is 2.29. The van der Waals surface area contributed by atoms with Crippen LogP contribution < -0.4 is 22.0 Å². The van der Waals surface area contributed by atoms with Crippen LogP contribution in [-0.2, 0) is 18.4 Å². The van der Waals surface area contributed by atoms with Gasteiger partial charge in [0.2, 0.25) is 11.9 Å². The van der Waals surface area contributed by atoms with Crippen molar-refractivity contribution in [1.29, 1.82) is 0 Å². The third-order valence-corrected chi connectivity index (χ3v) is 4.41. The van der Waals surface area contributed by atoms with Crippen molar-refractivity contribution in [1.82, 2.24) is 18.7 Å². The molecule has 0 aromatic carbocycles. The van der Waals surface area contributed by atoms with Gasteiger partial charge in [0.25, 0.3) is 5.56 Å². The number of hydrazone groups is 1. The summed E-state index contributed by atoms with van der Waals surface area (Å²) >= 11 is 0. The number of carbonyl (C=O) groups is 1. The smallest absolute Gasteiger partial charge is 0.332 e. The van der Waals surface area contributed by atoms with Crippen molar-refractivity contribution in [3.63, 3.8) is 0 Å². The lowest BCUT2D eigenvalue weighted by molar-refractivity contribution is -0.116. The molecule has 0 saturated heterocycles. The summed E-state index contributed by atoms with van der Waals surface area (Å²) in [6, 6.07) is -0.232. The maximum Gasteiger partial charge on any atom is 0.332 e. The molecule has 134 valence electrons. The SMILES string of the molecule is CCCn1c(=O)c2c(nc3n2[C@H](C)C(C)=NN3CC(N)=O)n(C)c1=O. The Hall–Kier alpha value is -2.91. The maximum absolute atomic E-state index is 12.9. The average molecular weight is 347 g/mol. The minimum Gasteiger partial charge on any atom is -0.368 e. The van der Waals surface area contributed by atoms with Crippen molar-refractivity contribution in [3.8, 4) is 0 Å². The van der Waals surface area contributed by atoms with Crippen LogP contribution in [0.15, 0.2) is 14.7 Å². The number of nitrogens with two attached hydrogens (primary N) is 1. The zero-order chi connectivity index (χ0) is 18.5. The second-order valence-corrected chi connectivity index (χ2v) is 6.19. The minimum absolute atomic E-state index is 0.162. The standard InChI is InChI=1S/C15H21N7O3/c1-5-6-20-13(24)11-12(19(4)15(20)25)17-14-21(7-10(16)23)18-8(2)9(3)22(11)14/h9H,5-7H2,1-4H3,(H2,16,23)/t9-/m1/s1. The lowest BCUT2D eigenvalue weighted by Gasteiger charge is -2.28. The summed E-state index contributed by atoms with van der Waals surface area (Å²) in [6.07, 6.45) is 0.658. The van der Waals surface area contributed by atoms with E-state index in [4.69, 9.17) is 5.73 Å². The Morgan fingerprint density at radius 3 is 2.60 bits per heavy atom. The highest BCUT2D eigenvalue weighted by Gasteiger charge is 2.31. The summed E-state index contributed by atoms with van der Waals surface area (Å²) in [5, 5.41) is 5.72. The number of carbonyl (C=O) groups excluding carboxylic acids is 1. The van der Waals surface area contributed by atoms with Crippen LogP contribution in [0.4, 0.5) is 5.95 Å². The van der Waals surface area contributed by atoms with Gasteiger partial charge in [0, 0.05) is 13.6 Å². The molecule has 25 heavy (non-hydrogen) atoms. The average Bonchev–Trinajstić information content (AvgIpc) is 2.95. The molecule has 1 aliphatic rings. The molecule has 0 fully saturated rings. The number of hydrogen-bond acceptors (Lipinski definition) is 6. The Bertz CT molecular complexity index is 1010. The van der Waals surface area contributed by atoms with Gasteiger partial charge in [-0.25, -0.2) is 9.80 Å². The van der Waals surface area contributed by atoms with E-state index in [1.807, 2.05) is 13.8 Å². The second kappa shape index (κ2) is 5.87. The Morgan fingerprint density at radius 1 is 1.32 bits per heavy atom. The van der Waals surface area contributed by atoms with E-state index in [0.717, 1.165) is 0 Å². The lowest BCUT2D eigenvalue weighted by Crippen LogP contribution is -2.40. The quantitative estimate of drug-likeness (QED) is 0.803. The number of amides is 1. The number of aryl methyl sites for hydroxylation is 1. The summed E-state index contributed by atoms with van der Waals surface area (Å²) < 4.78 is 4.28. The zero-order valence-corrected chi connectivity index (χ0v) is 14.7. The number of primary amides is 1. The van der Waals surface area contributed by atoms with Crippen LogP contribution in [0.5, 0.6) is 0 Å². The van der Waals surface area contributed by atoms with Gasteiger partial charge in [0.1, 0.15) is 6.54 Å². The van der Waals surface area contributed by atoms with Gasteiger partial charge in [-0.1, -0.05) is 6.92 Å². The predicted octanol–water partition coefficient (Wildman–Crippen LogP) is -0.451. The summed E-state index contributed by atoms with van der Waals surface area (Å²) in [4.78, 5) is 41.2. The summed E-state index contributed by atoms with van der Waals surface area (Å²) in [6.45, 7) is 5.76. The first-order valence-corrected chi connectivity index (χ1v) is 8.10.